The van der Waals surface area contributed by atoms with Crippen molar-refractivity contribution in [3.63, 3.8) is 0 Å². The van der Waals surface area contributed by atoms with Crippen LogP contribution in [0.1, 0.15) is 50.3 Å². The summed E-state index contributed by atoms with van der Waals surface area (Å²) in [6.45, 7) is 4.79. The second-order valence-electron chi connectivity index (χ2n) is 7.05. The predicted octanol–water partition coefficient (Wildman–Crippen LogP) is 4.75. The molecule has 1 atom stereocenters. The van der Waals surface area contributed by atoms with Crippen LogP contribution in [0.3, 0.4) is 0 Å². The van der Waals surface area contributed by atoms with Gasteiger partial charge in [-0.2, -0.15) is 0 Å². The zero-order valence-corrected chi connectivity index (χ0v) is 17.9. The van der Waals surface area contributed by atoms with Crippen LogP contribution >= 0.6 is 11.6 Å². The van der Waals surface area contributed by atoms with Gasteiger partial charge in [0.2, 0.25) is 0 Å². The fourth-order valence-corrected chi connectivity index (χ4v) is 3.83. The number of amides is 1. The Bertz CT molecular complexity index is 959. The molecule has 2 aromatic rings. The van der Waals surface area contributed by atoms with Crippen molar-refractivity contribution in [2.45, 2.75) is 39.2 Å². The SMILES string of the molecule is CCCCCN1C(=O)C(=O)/C(=C(/O)c2cc(OCC)ccc2Cl)C1c1ccncc1. The van der Waals surface area contributed by atoms with Crippen LogP contribution in [0.15, 0.2) is 48.3 Å². The number of benzene rings is 1. The number of halogens is 1. The van der Waals surface area contributed by atoms with Crippen molar-refractivity contribution in [1.29, 1.82) is 0 Å². The number of ether oxygens (including phenoxy) is 1. The normalized spacial score (nSPS) is 18.1. The highest BCUT2D eigenvalue weighted by atomic mass is 35.5. The Morgan fingerprint density at radius 2 is 1.90 bits per heavy atom. The number of aromatic nitrogens is 1. The van der Waals surface area contributed by atoms with Gasteiger partial charge in [0.15, 0.2) is 0 Å². The summed E-state index contributed by atoms with van der Waals surface area (Å²) in [5, 5.41) is 11.4. The quantitative estimate of drug-likeness (QED) is 0.284. The van der Waals surface area contributed by atoms with E-state index in [4.69, 9.17) is 16.3 Å². The first kappa shape index (κ1) is 21.8. The molecule has 0 aliphatic carbocycles. The largest absolute Gasteiger partial charge is 0.507 e. The average Bonchev–Trinajstić information content (AvgIpc) is 3.00. The molecular weight excluding hydrogens is 404 g/mol. The van der Waals surface area contributed by atoms with Gasteiger partial charge in [-0.3, -0.25) is 14.6 Å². The van der Waals surface area contributed by atoms with Crippen molar-refractivity contribution in [1.82, 2.24) is 9.88 Å². The molecule has 1 aliphatic rings. The van der Waals surface area contributed by atoms with E-state index < -0.39 is 17.7 Å². The van der Waals surface area contributed by atoms with Gasteiger partial charge in [0.25, 0.3) is 11.7 Å². The van der Waals surface area contributed by atoms with Crippen LogP contribution in [0.5, 0.6) is 5.75 Å². The van der Waals surface area contributed by atoms with Crippen molar-refractivity contribution in [3.8, 4) is 5.75 Å². The number of Topliss-reactive ketones (excluding diaryl/α,β-unsaturated/α-hetero) is 1. The van der Waals surface area contributed by atoms with Gasteiger partial charge in [-0.15, -0.1) is 0 Å². The monoisotopic (exact) mass is 428 g/mol. The van der Waals surface area contributed by atoms with Crippen LogP contribution < -0.4 is 4.74 Å². The predicted molar refractivity (Wildman–Crippen MR) is 115 cm³/mol. The van der Waals surface area contributed by atoms with E-state index in [9.17, 15) is 14.7 Å². The molecule has 0 radical (unpaired) electrons. The van der Waals surface area contributed by atoms with Gasteiger partial charge in [-0.05, 0) is 49.2 Å². The summed E-state index contributed by atoms with van der Waals surface area (Å²) in [6.07, 6.45) is 5.90. The van der Waals surface area contributed by atoms with Gasteiger partial charge < -0.3 is 14.7 Å². The summed E-state index contributed by atoms with van der Waals surface area (Å²) in [6, 6.07) is 7.66. The molecule has 1 unspecified atom stereocenters. The van der Waals surface area contributed by atoms with E-state index in [1.165, 1.54) is 4.90 Å². The van der Waals surface area contributed by atoms with E-state index in [2.05, 4.69) is 11.9 Å². The maximum absolute atomic E-state index is 13.0. The third-order valence-electron chi connectivity index (χ3n) is 5.07. The fourth-order valence-electron chi connectivity index (χ4n) is 3.62. The number of aliphatic hydroxyl groups is 1. The van der Waals surface area contributed by atoms with Crippen LogP contribution in [0, 0.1) is 0 Å². The van der Waals surface area contributed by atoms with Crippen LogP contribution in [0.2, 0.25) is 5.02 Å². The minimum absolute atomic E-state index is 0.0262. The van der Waals surface area contributed by atoms with Gasteiger partial charge in [0.05, 0.1) is 23.2 Å². The molecule has 158 valence electrons. The Morgan fingerprint density at radius 1 is 1.17 bits per heavy atom. The third kappa shape index (κ3) is 4.33. The van der Waals surface area contributed by atoms with Crippen molar-refractivity contribution >= 4 is 29.1 Å². The number of rotatable bonds is 8. The number of ketones is 1. The Morgan fingerprint density at radius 3 is 2.57 bits per heavy atom. The number of pyridine rings is 1. The molecule has 1 aromatic carbocycles. The van der Waals surface area contributed by atoms with Crippen LogP contribution in [0.4, 0.5) is 0 Å². The van der Waals surface area contributed by atoms with Gasteiger partial charge in [0.1, 0.15) is 11.5 Å². The number of carbonyl (C=O) groups is 2. The molecule has 7 heteroatoms. The van der Waals surface area contributed by atoms with Crippen molar-refractivity contribution in [2.24, 2.45) is 0 Å². The van der Waals surface area contributed by atoms with E-state index in [0.29, 0.717) is 24.5 Å². The van der Waals surface area contributed by atoms with Crippen molar-refractivity contribution in [3.05, 3.63) is 64.4 Å². The Labute approximate surface area is 181 Å². The molecule has 1 amide bonds. The molecule has 0 saturated carbocycles. The Hall–Kier alpha value is -2.86. The zero-order chi connectivity index (χ0) is 21.7. The first-order valence-corrected chi connectivity index (χ1v) is 10.5. The summed E-state index contributed by atoms with van der Waals surface area (Å²) in [4.78, 5) is 31.4. The second kappa shape index (κ2) is 9.76. The first-order valence-electron chi connectivity index (χ1n) is 10.1. The van der Waals surface area contributed by atoms with Crippen LogP contribution in [-0.2, 0) is 9.59 Å². The maximum Gasteiger partial charge on any atom is 0.295 e. The molecule has 2 heterocycles. The molecule has 1 saturated heterocycles. The summed E-state index contributed by atoms with van der Waals surface area (Å²) < 4.78 is 5.50. The molecule has 6 nitrogen and oxygen atoms in total. The minimum atomic E-state index is -0.719. The summed E-state index contributed by atoms with van der Waals surface area (Å²) in [7, 11) is 0. The summed E-state index contributed by atoms with van der Waals surface area (Å²) in [5.74, 6) is -1.13. The fraction of sp³-hybridized carbons (Fsp3) is 0.348. The number of unbranched alkanes of at least 4 members (excludes halogenated alkanes) is 2. The number of aliphatic hydroxyl groups excluding tert-OH is 1. The maximum atomic E-state index is 13.0. The number of likely N-dealkylation sites (tertiary alicyclic amines) is 1. The number of hydrogen-bond donors (Lipinski definition) is 1. The van der Waals surface area contributed by atoms with Crippen molar-refractivity contribution in [2.75, 3.05) is 13.2 Å². The lowest BCUT2D eigenvalue weighted by Crippen LogP contribution is -2.30. The second-order valence-corrected chi connectivity index (χ2v) is 7.46. The van der Waals surface area contributed by atoms with Crippen LogP contribution in [-0.4, -0.2) is 39.8 Å². The molecule has 30 heavy (non-hydrogen) atoms. The number of nitrogens with zero attached hydrogens (tertiary/aromatic N) is 2. The van der Waals surface area contributed by atoms with Gasteiger partial charge >= 0.3 is 0 Å². The summed E-state index contributed by atoms with van der Waals surface area (Å²) in [5.41, 5.74) is 0.991. The van der Waals surface area contributed by atoms with E-state index in [1.54, 1.807) is 42.7 Å². The van der Waals surface area contributed by atoms with Crippen molar-refractivity contribution < 1.29 is 19.4 Å². The van der Waals surface area contributed by atoms with E-state index >= 15 is 0 Å². The zero-order valence-electron chi connectivity index (χ0n) is 17.1. The van der Waals surface area contributed by atoms with E-state index in [0.717, 1.165) is 19.3 Å². The average molecular weight is 429 g/mol. The van der Waals surface area contributed by atoms with E-state index in [1.807, 2.05) is 6.92 Å². The highest BCUT2D eigenvalue weighted by molar-refractivity contribution is 6.47. The first-order chi connectivity index (χ1) is 14.5. The van der Waals surface area contributed by atoms with Gasteiger partial charge in [-0.1, -0.05) is 31.4 Å². The Balaban J connectivity index is 2.13. The molecule has 1 aliphatic heterocycles. The van der Waals surface area contributed by atoms with Crippen LogP contribution in [0.25, 0.3) is 5.76 Å². The highest BCUT2D eigenvalue weighted by Crippen LogP contribution is 2.41. The van der Waals surface area contributed by atoms with E-state index in [-0.39, 0.29) is 21.9 Å². The molecular formula is C23H25ClN2O4. The molecule has 3 rings (SSSR count). The molecule has 0 bridgehead atoms. The lowest BCUT2D eigenvalue weighted by atomic mass is 9.95. The lowest BCUT2D eigenvalue weighted by molar-refractivity contribution is -0.139. The number of hydrogen-bond acceptors (Lipinski definition) is 5. The molecule has 1 N–H and O–H groups in total. The summed E-state index contributed by atoms with van der Waals surface area (Å²) >= 11 is 6.32. The molecule has 1 fully saturated rings. The van der Waals surface area contributed by atoms with Gasteiger partial charge in [-0.25, -0.2) is 0 Å². The lowest BCUT2D eigenvalue weighted by Gasteiger charge is -2.25. The molecule has 0 spiro atoms. The Kier molecular flexibility index (Phi) is 7.11. The topological polar surface area (TPSA) is 79.7 Å². The standard InChI is InChI=1S/C23H25ClN2O4/c1-3-5-6-13-26-20(15-9-11-25-12-10-15)19(22(28)23(26)29)21(27)17-14-16(30-4-2)7-8-18(17)24/h7-12,14,20,27H,3-6,13H2,1-2H3/b21-19+. The molecule has 1 aromatic heterocycles. The van der Waals surface area contributed by atoms with Gasteiger partial charge in [0, 0.05) is 24.5 Å². The minimum Gasteiger partial charge on any atom is -0.507 e. The third-order valence-corrected chi connectivity index (χ3v) is 5.40. The highest BCUT2D eigenvalue weighted by Gasteiger charge is 2.45. The number of carbonyl (C=O) groups excluding carboxylic acids is 2. The smallest absolute Gasteiger partial charge is 0.295 e.